The number of rotatable bonds is 6. The quantitative estimate of drug-likeness (QED) is 0.838. The SMILES string of the molecule is CNC(CCc1cccs1)Cc1c(F)cccc1Cl. The largest absolute Gasteiger partial charge is 0.317 e. The summed E-state index contributed by atoms with van der Waals surface area (Å²) in [5.41, 5.74) is 0.606. The van der Waals surface area contributed by atoms with E-state index in [4.69, 9.17) is 11.6 Å². The van der Waals surface area contributed by atoms with E-state index in [9.17, 15) is 4.39 Å². The molecule has 0 aliphatic rings. The molecule has 1 unspecified atom stereocenters. The second-order valence-corrected chi connectivity index (χ2v) is 5.95. The molecule has 0 aliphatic carbocycles. The molecule has 1 nitrogen and oxygen atoms in total. The number of benzene rings is 1. The molecular weight excluding hydrogens is 281 g/mol. The van der Waals surface area contributed by atoms with Crippen LogP contribution in [0, 0.1) is 5.82 Å². The Bertz CT molecular complexity index is 493. The van der Waals surface area contributed by atoms with Crippen LogP contribution in [0.5, 0.6) is 0 Å². The lowest BCUT2D eigenvalue weighted by atomic mass is 10.0. The summed E-state index contributed by atoms with van der Waals surface area (Å²) in [5, 5.41) is 5.84. The summed E-state index contributed by atoms with van der Waals surface area (Å²) in [5.74, 6) is -0.219. The molecule has 0 radical (unpaired) electrons. The smallest absolute Gasteiger partial charge is 0.127 e. The Labute approximate surface area is 122 Å². The molecule has 2 rings (SSSR count). The van der Waals surface area contributed by atoms with Crippen LogP contribution in [-0.2, 0) is 12.8 Å². The van der Waals surface area contributed by atoms with Crippen LogP contribution in [0.2, 0.25) is 5.02 Å². The molecule has 4 heteroatoms. The molecular formula is C15H17ClFNS. The Kier molecular flexibility index (Phi) is 5.37. The molecule has 2 aromatic rings. The number of hydrogen-bond acceptors (Lipinski definition) is 2. The van der Waals surface area contributed by atoms with Gasteiger partial charge >= 0.3 is 0 Å². The molecule has 0 aliphatic heterocycles. The Balaban J connectivity index is 1.98. The van der Waals surface area contributed by atoms with Crippen molar-refractivity contribution in [3.63, 3.8) is 0 Å². The van der Waals surface area contributed by atoms with Crippen molar-refractivity contribution in [1.29, 1.82) is 0 Å². The third-order valence-electron chi connectivity index (χ3n) is 3.24. The minimum Gasteiger partial charge on any atom is -0.317 e. The molecule has 1 aromatic carbocycles. The maximum Gasteiger partial charge on any atom is 0.127 e. The van der Waals surface area contributed by atoms with Crippen LogP contribution in [0.15, 0.2) is 35.7 Å². The van der Waals surface area contributed by atoms with Gasteiger partial charge in [0.05, 0.1) is 0 Å². The van der Waals surface area contributed by atoms with Crippen molar-refractivity contribution >= 4 is 22.9 Å². The van der Waals surface area contributed by atoms with Gasteiger partial charge < -0.3 is 5.32 Å². The van der Waals surface area contributed by atoms with Gasteiger partial charge in [0.15, 0.2) is 0 Å². The van der Waals surface area contributed by atoms with Gasteiger partial charge in [-0.3, -0.25) is 0 Å². The number of likely N-dealkylation sites (N-methyl/N-ethyl adjacent to an activating group) is 1. The second-order valence-electron chi connectivity index (χ2n) is 4.51. The van der Waals surface area contributed by atoms with E-state index in [0.717, 1.165) is 12.8 Å². The highest BCUT2D eigenvalue weighted by atomic mass is 35.5. The average Bonchev–Trinajstić information content (AvgIpc) is 2.91. The van der Waals surface area contributed by atoms with E-state index < -0.39 is 0 Å². The highest BCUT2D eigenvalue weighted by Gasteiger charge is 2.13. The number of aryl methyl sites for hydroxylation is 1. The van der Waals surface area contributed by atoms with Crippen molar-refractivity contribution in [2.75, 3.05) is 7.05 Å². The van der Waals surface area contributed by atoms with Crippen LogP contribution in [0.25, 0.3) is 0 Å². The Morgan fingerprint density at radius 2 is 2.16 bits per heavy atom. The van der Waals surface area contributed by atoms with Gasteiger partial charge in [0.1, 0.15) is 5.82 Å². The summed E-state index contributed by atoms with van der Waals surface area (Å²) < 4.78 is 13.8. The molecule has 19 heavy (non-hydrogen) atoms. The third-order valence-corrected chi connectivity index (χ3v) is 4.53. The summed E-state index contributed by atoms with van der Waals surface area (Å²) in [6.07, 6.45) is 2.60. The van der Waals surface area contributed by atoms with E-state index >= 15 is 0 Å². The van der Waals surface area contributed by atoms with Crippen molar-refractivity contribution in [3.05, 3.63) is 57.0 Å². The molecule has 1 aromatic heterocycles. The molecule has 1 heterocycles. The van der Waals surface area contributed by atoms with Crippen molar-refractivity contribution in [2.24, 2.45) is 0 Å². The molecule has 0 saturated carbocycles. The van der Waals surface area contributed by atoms with E-state index in [2.05, 4.69) is 22.8 Å². The van der Waals surface area contributed by atoms with E-state index in [0.29, 0.717) is 17.0 Å². The zero-order chi connectivity index (χ0) is 13.7. The van der Waals surface area contributed by atoms with Crippen LogP contribution in [-0.4, -0.2) is 13.1 Å². The monoisotopic (exact) mass is 297 g/mol. The average molecular weight is 298 g/mol. The lowest BCUT2D eigenvalue weighted by Crippen LogP contribution is -2.28. The standard InChI is InChI=1S/C15H17ClFNS/c1-18-11(7-8-12-4-3-9-19-12)10-13-14(16)5-2-6-15(13)17/h2-6,9,11,18H,7-8,10H2,1H3. The highest BCUT2D eigenvalue weighted by molar-refractivity contribution is 7.09. The van der Waals surface area contributed by atoms with Gasteiger partial charge in [0.25, 0.3) is 0 Å². The minimum absolute atomic E-state index is 0.219. The summed E-state index contributed by atoms with van der Waals surface area (Å²) >= 11 is 7.82. The van der Waals surface area contributed by atoms with Crippen LogP contribution in [0.4, 0.5) is 4.39 Å². The fraction of sp³-hybridized carbons (Fsp3) is 0.333. The first-order valence-corrected chi connectivity index (χ1v) is 7.59. The van der Waals surface area contributed by atoms with Crippen molar-refractivity contribution in [3.8, 4) is 0 Å². The van der Waals surface area contributed by atoms with Gasteiger partial charge in [0, 0.05) is 21.5 Å². The van der Waals surface area contributed by atoms with Crippen LogP contribution < -0.4 is 5.32 Å². The van der Waals surface area contributed by atoms with Crippen molar-refractivity contribution in [2.45, 2.75) is 25.3 Å². The van der Waals surface area contributed by atoms with Gasteiger partial charge in [-0.15, -0.1) is 11.3 Å². The summed E-state index contributed by atoms with van der Waals surface area (Å²) in [4.78, 5) is 1.36. The Morgan fingerprint density at radius 3 is 2.79 bits per heavy atom. The zero-order valence-electron chi connectivity index (χ0n) is 10.8. The predicted molar refractivity (Wildman–Crippen MR) is 80.6 cm³/mol. The van der Waals surface area contributed by atoms with Crippen LogP contribution >= 0.6 is 22.9 Å². The number of nitrogens with one attached hydrogen (secondary N) is 1. The van der Waals surface area contributed by atoms with Crippen molar-refractivity contribution < 1.29 is 4.39 Å². The minimum atomic E-state index is -0.219. The summed E-state index contributed by atoms with van der Waals surface area (Å²) in [7, 11) is 1.91. The third kappa shape index (κ3) is 4.03. The first-order chi connectivity index (χ1) is 9.20. The number of hydrogen-bond donors (Lipinski definition) is 1. The van der Waals surface area contributed by atoms with Gasteiger partial charge in [0.2, 0.25) is 0 Å². The highest BCUT2D eigenvalue weighted by Crippen LogP contribution is 2.22. The van der Waals surface area contributed by atoms with E-state index in [1.165, 1.54) is 10.9 Å². The van der Waals surface area contributed by atoms with E-state index in [1.54, 1.807) is 23.5 Å². The van der Waals surface area contributed by atoms with Crippen molar-refractivity contribution in [1.82, 2.24) is 5.32 Å². The Hall–Kier alpha value is -0.900. The van der Waals surface area contributed by atoms with Gasteiger partial charge in [-0.05, 0) is 49.9 Å². The normalized spacial score (nSPS) is 12.6. The summed E-state index contributed by atoms with van der Waals surface area (Å²) in [6, 6.07) is 9.27. The molecule has 102 valence electrons. The van der Waals surface area contributed by atoms with Crippen LogP contribution in [0.3, 0.4) is 0 Å². The van der Waals surface area contributed by atoms with Gasteiger partial charge in [-0.1, -0.05) is 23.7 Å². The van der Waals surface area contributed by atoms with E-state index in [-0.39, 0.29) is 11.9 Å². The number of halogens is 2. The molecule has 0 fully saturated rings. The summed E-state index contributed by atoms with van der Waals surface area (Å²) in [6.45, 7) is 0. The first kappa shape index (κ1) is 14.5. The van der Waals surface area contributed by atoms with Gasteiger partial charge in [-0.2, -0.15) is 0 Å². The number of thiophene rings is 1. The zero-order valence-corrected chi connectivity index (χ0v) is 12.4. The fourth-order valence-corrected chi connectivity index (χ4v) is 3.06. The molecule has 0 bridgehead atoms. The lowest BCUT2D eigenvalue weighted by Gasteiger charge is -2.17. The molecule has 0 saturated heterocycles. The lowest BCUT2D eigenvalue weighted by molar-refractivity contribution is 0.506. The Morgan fingerprint density at radius 1 is 1.32 bits per heavy atom. The van der Waals surface area contributed by atoms with E-state index in [1.807, 2.05) is 7.05 Å². The molecule has 0 spiro atoms. The van der Waals surface area contributed by atoms with Gasteiger partial charge in [-0.25, -0.2) is 4.39 Å². The predicted octanol–water partition coefficient (Wildman–Crippen LogP) is 4.30. The first-order valence-electron chi connectivity index (χ1n) is 6.33. The molecule has 0 amide bonds. The molecule has 1 N–H and O–H groups in total. The van der Waals surface area contributed by atoms with Crippen LogP contribution in [0.1, 0.15) is 16.9 Å². The topological polar surface area (TPSA) is 12.0 Å². The second kappa shape index (κ2) is 7.04. The molecule has 1 atom stereocenters. The maximum absolute atomic E-state index is 13.8. The fourth-order valence-electron chi connectivity index (χ4n) is 2.09. The maximum atomic E-state index is 13.8.